The molecule has 0 saturated heterocycles. The van der Waals surface area contributed by atoms with Crippen molar-refractivity contribution in [3.8, 4) is 0 Å². The lowest BCUT2D eigenvalue weighted by Crippen LogP contribution is -1.88. The fourth-order valence-corrected chi connectivity index (χ4v) is 6.12. The summed E-state index contributed by atoms with van der Waals surface area (Å²) in [6, 6.07) is 44.8. The molecule has 0 bridgehead atoms. The second-order valence-electron chi connectivity index (χ2n) is 9.29. The molecule has 0 heteroatoms. The first kappa shape index (κ1) is 18.1. The van der Waals surface area contributed by atoms with Crippen molar-refractivity contribution in [2.24, 2.45) is 0 Å². The predicted molar refractivity (Wildman–Crippen MR) is 149 cm³/mol. The van der Waals surface area contributed by atoms with E-state index in [4.69, 9.17) is 0 Å². The smallest absolute Gasteiger partial charge is 0.00139 e. The first-order valence-electron chi connectivity index (χ1n) is 11.9. The molecule has 0 N–H and O–H groups in total. The summed E-state index contributed by atoms with van der Waals surface area (Å²) in [6.07, 6.45) is 0. The maximum absolute atomic E-state index is 2.34. The van der Waals surface area contributed by atoms with Crippen LogP contribution in [0.25, 0.3) is 75.4 Å². The molecule has 8 aromatic carbocycles. The van der Waals surface area contributed by atoms with Gasteiger partial charge in [0.2, 0.25) is 0 Å². The maximum Gasteiger partial charge on any atom is -0.00139 e. The monoisotopic (exact) mass is 428 g/mol. The second kappa shape index (κ2) is 6.56. The summed E-state index contributed by atoms with van der Waals surface area (Å²) >= 11 is 0. The van der Waals surface area contributed by atoms with E-state index in [-0.39, 0.29) is 0 Å². The van der Waals surface area contributed by atoms with E-state index in [0.29, 0.717) is 0 Å². The van der Waals surface area contributed by atoms with Crippen LogP contribution in [0.1, 0.15) is 0 Å². The van der Waals surface area contributed by atoms with Crippen LogP contribution in [0.3, 0.4) is 0 Å². The third-order valence-corrected chi connectivity index (χ3v) is 7.61. The number of hydrogen-bond acceptors (Lipinski definition) is 0. The Kier molecular flexibility index (Phi) is 3.48. The van der Waals surface area contributed by atoms with Crippen molar-refractivity contribution in [3.05, 3.63) is 121 Å². The molecule has 0 aliphatic carbocycles. The molecule has 0 aliphatic heterocycles. The molecule has 0 aliphatic rings. The topological polar surface area (TPSA) is 0 Å². The first-order valence-corrected chi connectivity index (χ1v) is 11.9. The van der Waals surface area contributed by atoms with E-state index in [2.05, 4.69) is 121 Å². The molecule has 0 unspecified atom stereocenters. The highest BCUT2D eigenvalue weighted by Crippen LogP contribution is 2.44. The van der Waals surface area contributed by atoms with Crippen LogP contribution in [0.5, 0.6) is 0 Å². The molecule has 0 heterocycles. The summed E-state index contributed by atoms with van der Waals surface area (Å²) in [5, 5.41) is 18.5. The van der Waals surface area contributed by atoms with Gasteiger partial charge in [-0.15, -0.1) is 0 Å². The Bertz CT molecular complexity index is 1960. The lowest BCUT2D eigenvalue weighted by Gasteiger charge is -2.16. The molecule has 8 rings (SSSR count). The number of fused-ring (bicyclic) bond motifs is 14. The molecular weight excluding hydrogens is 408 g/mol. The quantitative estimate of drug-likeness (QED) is 0.211. The molecule has 0 atom stereocenters. The Morgan fingerprint density at radius 2 is 0.500 bits per heavy atom. The van der Waals surface area contributed by atoms with Gasteiger partial charge in [-0.1, -0.05) is 121 Å². The summed E-state index contributed by atoms with van der Waals surface area (Å²) in [4.78, 5) is 0. The normalized spacial score (nSPS) is 12.1. The minimum atomic E-state index is 1.29. The van der Waals surface area contributed by atoms with Crippen molar-refractivity contribution in [3.63, 3.8) is 0 Å². The van der Waals surface area contributed by atoms with E-state index in [1.165, 1.54) is 75.4 Å². The van der Waals surface area contributed by atoms with E-state index < -0.39 is 0 Å². The molecule has 0 spiro atoms. The van der Waals surface area contributed by atoms with E-state index in [1.54, 1.807) is 0 Å². The zero-order valence-corrected chi connectivity index (χ0v) is 18.5. The molecule has 156 valence electrons. The Hall–Kier alpha value is -4.42. The number of benzene rings is 8. The Balaban J connectivity index is 1.74. The molecular formula is C34H20. The predicted octanol–water partition coefficient (Wildman–Crippen LogP) is 9.76. The van der Waals surface area contributed by atoms with Crippen molar-refractivity contribution in [2.75, 3.05) is 0 Å². The molecule has 0 radical (unpaired) electrons. The molecule has 0 nitrogen and oxygen atoms in total. The van der Waals surface area contributed by atoms with Gasteiger partial charge in [-0.25, -0.2) is 0 Å². The number of rotatable bonds is 0. The van der Waals surface area contributed by atoms with Crippen molar-refractivity contribution in [1.29, 1.82) is 0 Å². The van der Waals surface area contributed by atoms with Crippen LogP contribution in [-0.2, 0) is 0 Å². The van der Waals surface area contributed by atoms with Crippen LogP contribution in [0.4, 0.5) is 0 Å². The summed E-state index contributed by atoms with van der Waals surface area (Å²) < 4.78 is 0. The molecule has 0 fully saturated rings. The molecule has 0 amide bonds. The second-order valence-corrected chi connectivity index (χ2v) is 9.29. The lowest BCUT2D eigenvalue weighted by molar-refractivity contribution is 1.78. The average Bonchev–Trinajstić information content (AvgIpc) is 2.92. The molecule has 0 saturated carbocycles. The van der Waals surface area contributed by atoms with Gasteiger partial charge in [0, 0.05) is 0 Å². The fourth-order valence-electron chi connectivity index (χ4n) is 6.12. The van der Waals surface area contributed by atoms with Crippen molar-refractivity contribution in [2.45, 2.75) is 0 Å². The van der Waals surface area contributed by atoms with E-state index in [1.807, 2.05) is 0 Å². The van der Waals surface area contributed by atoms with Gasteiger partial charge >= 0.3 is 0 Å². The van der Waals surface area contributed by atoms with E-state index in [0.717, 1.165) is 0 Å². The summed E-state index contributed by atoms with van der Waals surface area (Å²) in [5.41, 5.74) is 0. The Labute approximate surface area is 196 Å². The van der Waals surface area contributed by atoms with Crippen LogP contribution in [0, 0.1) is 0 Å². The third-order valence-electron chi connectivity index (χ3n) is 7.61. The van der Waals surface area contributed by atoms with Gasteiger partial charge in [-0.05, 0) is 75.4 Å². The zero-order valence-electron chi connectivity index (χ0n) is 18.5. The van der Waals surface area contributed by atoms with Crippen molar-refractivity contribution in [1.82, 2.24) is 0 Å². The van der Waals surface area contributed by atoms with E-state index >= 15 is 0 Å². The highest BCUT2D eigenvalue weighted by molar-refractivity contribution is 6.38. The van der Waals surface area contributed by atoms with Crippen molar-refractivity contribution >= 4 is 75.4 Å². The summed E-state index contributed by atoms with van der Waals surface area (Å²) in [7, 11) is 0. The van der Waals surface area contributed by atoms with Gasteiger partial charge in [-0.3, -0.25) is 0 Å². The lowest BCUT2D eigenvalue weighted by atomic mass is 9.87. The summed E-state index contributed by atoms with van der Waals surface area (Å²) in [5.74, 6) is 0. The number of hydrogen-bond donors (Lipinski definition) is 0. The fraction of sp³-hybridized carbons (Fsp3) is 0. The van der Waals surface area contributed by atoms with Gasteiger partial charge < -0.3 is 0 Å². The van der Waals surface area contributed by atoms with Gasteiger partial charge in [0.25, 0.3) is 0 Å². The largest absolute Gasteiger partial charge is 0.0616 e. The van der Waals surface area contributed by atoms with Crippen LogP contribution in [0.15, 0.2) is 121 Å². The van der Waals surface area contributed by atoms with Crippen LogP contribution in [0.2, 0.25) is 0 Å². The maximum atomic E-state index is 2.34. The SMILES string of the molecule is c1ccc2c(c1)ccc1c2ccc2c3ccccc3c3ccc4c5ccccc5ccc4c3c12. The van der Waals surface area contributed by atoms with Crippen LogP contribution < -0.4 is 0 Å². The van der Waals surface area contributed by atoms with Gasteiger partial charge in [0.05, 0.1) is 0 Å². The van der Waals surface area contributed by atoms with Crippen LogP contribution >= 0.6 is 0 Å². The van der Waals surface area contributed by atoms with E-state index in [9.17, 15) is 0 Å². The van der Waals surface area contributed by atoms with Gasteiger partial charge in [0.1, 0.15) is 0 Å². The standard InChI is InChI=1S/C34H20/c1-3-9-23-21(7-1)13-15-29-27(23)17-19-31-25-11-5-6-12-26(25)32-20-18-28-24-10-4-2-8-22(24)14-16-30(28)34(32)33(29)31/h1-20H. The molecule has 8 aromatic rings. The minimum Gasteiger partial charge on any atom is -0.0616 e. The first-order chi connectivity index (χ1) is 16.9. The zero-order chi connectivity index (χ0) is 22.2. The Morgan fingerprint density at radius 1 is 0.206 bits per heavy atom. The average molecular weight is 429 g/mol. The highest BCUT2D eigenvalue weighted by atomic mass is 14.2. The third kappa shape index (κ3) is 2.27. The minimum absolute atomic E-state index is 1.29. The van der Waals surface area contributed by atoms with Gasteiger partial charge in [-0.2, -0.15) is 0 Å². The Morgan fingerprint density at radius 3 is 0.941 bits per heavy atom. The molecule has 0 aromatic heterocycles. The highest BCUT2D eigenvalue weighted by Gasteiger charge is 2.15. The van der Waals surface area contributed by atoms with Crippen molar-refractivity contribution < 1.29 is 0 Å². The summed E-state index contributed by atoms with van der Waals surface area (Å²) in [6.45, 7) is 0. The van der Waals surface area contributed by atoms with Crippen LogP contribution in [-0.4, -0.2) is 0 Å². The molecule has 34 heavy (non-hydrogen) atoms. The van der Waals surface area contributed by atoms with Gasteiger partial charge in [0.15, 0.2) is 0 Å².